The fraction of sp³-hybridized carbons (Fsp3) is 0.400. The number of carboxylic acids is 1. The van der Waals surface area contributed by atoms with Crippen LogP contribution < -0.4 is 5.32 Å². The van der Waals surface area contributed by atoms with Crippen LogP contribution in [0, 0.1) is 0 Å². The van der Waals surface area contributed by atoms with Crippen molar-refractivity contribution in [2.75, 3.05) is 0 Å². The van der Waals surface area contributed by atoms with Gasteiger partial charge in [0.15, 0.2) is 5.58 Å². The molecule has 0 atom stereocenters. The van der Waals surface area contributed by atoms with E-state index < -0.39 is 11.5 Å². The minimum Gasteiger partial charge on any atom is -0.481 e. The van der Waals surface area contributed by atoms with Gasteiger partial charge in [0.05, 0.1) is 18.4 Å². The molecule has 1 aliphatic rings. The summed E-state index contributed by atoms with van der Waals surface area (Å²) in [5.41, 5.74) is 0.639. The Bertz CT molecular complexity index is 688. The van der Waals surface area contributed by atoms with Crippen molar-refractivity contribution >= 4 is 22.8 Å². The van der Waals surface area contributed by atoms with Crippen molar-refractivity contribution in [3.63, 3.8) is 0 Å². The Labute approximate surface area is 121 Å². The predicted molar refractivity (Wildman–Crippen MR) is 74.7 cm³/mol. The SMILES string of the molecule is O=C(O)CC1(NC(=O)Cc2noc3ccccc23)CCC1. The molecule has 1 aromatic heterocycles. The maximum Gasteiger partial charge on any atom is 0.305 e. The van der Waals surface area contributed by atoms with Crippen molar-refractivity contribution in [1.29, 1.82) is 0 Å². The Kier molecular flexibility index (Phi) is 3.37. The Balaban J connectivity index is 1.70. The molecule has 2 aromatic rings. The maximum atomic E-state index is 12.2. The van der Waals surface area contributed by atoms with Crippen LogP contribution in [0.25, 0.3) is 11.0 Å². The van der Waals surface area contributed by atoms with Gasteiger partial charge < -0.3 is 14.9 Å². The molecule has 110 valence electrons. The second kappa shape index (κ2) is 5.20. The number of para-hydroxylation sites is 1. The highest BCUT2D eigenvalue weighted by atomic mass is 16.5. The van der Waals surface area contributed by atoms with E-state index in [0.717, 1.165) is 11.8 Å². The quantitative estimate of drug-likeness (QED) is 0.876. The Morgan fingerprint density at radius 3 is 2.76 bits per heavy atom. The lowest BCUT2D eigenvalue weighted by Crippen LogP contribution is -2.55. The normalized spacial score (nSPS) is 16.4. The van der Waals surface area contributed by atoms with Gasteiger partial charge in [-0.15, -0.1) is 0 Å². The van der Waals surface area contributed by atoms with Gasteiger partial charge in [-0.05, 0) is 31.4 Å². The molecule has 2 N–H and O–H groups in total. The third kappa shape index (κ3) is 2.74. The molecule has 0 aliphatic heterocycles. The van der Waals surface area contributed by atoms with Crippen LogP contribution in [-0.2, 0) is 16.0 Å². The zero-order valence-electron chi connectivity index (χ0n) is 11.5. The first-order valence-corrected chi connectivity index (χ1v) is 6.94. The van der Waals surface area contributed by atoms with E-state index in [1.54, 1.807) is 6.07 Å². The minimum atomic E-state index is -0.887. The van der Waals surface area contributed by atoms with Gasteiger partial charge in [0.1, 0.15) is 5.69 Å². The van der Waals surface area contributed by atoms with Gasteiger partial charge in [0.2, 0.25) is 5.91 Å². The molecule has 21 heavy (non-hydrogen) atoms. The number of carboxylic acid groups (broad SMARTS) is 1. The van der Waals surface area contributed by atoms with E-state index in [9.17, 15) is 9.59 Å². The number of aromatic nitrogens is 1. The highest BCUT2D eigenvalue weighted by molar-refractivity contribution is 5.87. The topological polar surface area (TPSA) is 92.4 Å². The van der Waals surface area contributed by atoms with Crippen molar-refractivity contribution in [2.45, 2.75) is 37.6 Å². The van der Waals surface area contributed by atoms with Crippen LogP contribution in [0.3, 0.4) is 0 Å². The molecule has 1 aliphatic carbocycles. The van der Waals surface area contributed by atoms with Gasteiger partial charge in [-0.3, -0.25) is 9.59 Å². The second-order valence-corrected chi connectivity index (χ2v) is 5.55. The second-order valence-electron chi connectivity index (χ2n) is 5.55. The lowest BCUT2D eigenvalue weighted by atomic mass is 9.74. The number of amides is 1. The maximum absolute atomic E-state index is 12.2. The fourth-order valence-electron chi connectivity index (χ4n) is 2.80. The van der Waals surface area contributed by atoms with Crippen LogP contribution in [-0.4, -0.2) is 27.7 Å². The molecule has 1 heterocycles. The fourth-order valence-corrected chi connectivity index (χ4v) is 2.80. The van der Waals surface area contributed by atoms with Crippen molar-refractivity contribution in [1.82, 2.24) is 10.5 Å². The Hall–Kier alpha value is -2.37. The lowest BCUT2D eigenvalue weighted by molar-refractivity contribution is -0.140. The van der Waals surface area contributed by atoms with Crippen molar-refractivity contribution in [2.24, 2.45) is 0 Å². The lowest BCUT2D eigenvalue weighted by Gasteiger charge is -2.41. The molecule has 1 aromatic carbocycles. The van der Waals surface area contributed by atoms with Crippen molar-refractivity contribution in [3.8, 4) is 0 Å². The summed E-state index contributed by atoms with van der Waals surface area (Å²) >= 11 is 0. The van der Waals surface area contributed by atoms with Crippen LogP contribution in [0.4, 0.5) is 0 Å². The summed E-state index contributed by atoms with van der Waals surface area (Å²) in [6, 6.07) is 7.35. The predicted octanol–water partition coefficient (Wildman–Crippen LogP) is 1.88. The summed E-state index contributed by atoms with van der Waals surface area (Å²) in [6.07, 6.45) is 2.44. The third-order valence-electron chi connectivity index (χ3n) is 3.99. The van der Waals surface area contributed by atoms with E-state index in [1.807, 2.05) is 18.2 Å². The van der Waals surface area contributed by atoms with Crippen LogP contribution in [0.2, 0.25) is 0 Å². The molecule has 0 saturated heterocycles. The van der Waals surface area contributed by atoms with Gasteiger partial charge in [0, 0.05) is 5.39 Å². The average molecular weight is 288 g/mol. The molecule has 0 unspecified atom stereocenters. The average Bonchev–Trinajstić information content (AvgIpc) is 2.79. The van der Waals surface area contributed by atoms with E-state index in [-0.39, 0.29) is 18.7 Å². The number of nitrogens with zero attached hydrogens (tertiary/aromatic N) is 1. The first kappa shape index (κ1) is 13.6. The number of aliphatic carboxylic acids is 1. The molecule has 6 nitrogen and oxygen atoms in total. The molecule has 1 fully saturated rings. The summed E-state index contributed by atoms with van der Waals surface area (Å²) in [4.78, 5) is 23.1. The van der Waals surface area contributed by atoms with Crippen LogP contribution in [0.15, 0.2) is 28.8 Å². The molecule has 0 spiro atoms. The molecule has 1 amide bonds. The Morgan fingerprint density at radius 2 is 2.10 bits per heavy atom. The van der Waals surface area contributed by atoms with Gasteiger partial charge in [-0.1, -0.05) is 17.3 Å². The van der Waals surface area contributed by atoms with Crippen LogP contribution >= 0.6 is 0 Å². The number of carbonyl (C=O) groups is 2. The number of benzene rings is 1. The third-order valence-corrected chi connectivity index (χ3v) is 3.99. The minimum absolute atomic E-state index is 0.0295. The number of rotatable bonds is 5. The van der Waals surface area contributed by atoms with Gasteiger partial charge in [0.25, 0.3) is 0 Å². The summed E-state index contributed by atoms with van der Waals surface area (Å²) < 4.78 is 5.16. The van der Waals surface area contributed by atoms with Gasteiger partial charge in [-0.25, -0.2) is 0 Å². The number of hydrogen-bond donors (Lipinski definition) is 2. The zero-order chi connectivity index (χ0) is 14.9. The standard InChI is InChI=1S/C15H16N2O4/c18-13(16-15(6-3-7-15)9-14(19)20)8-11-10-4-1-2-5-12(10)21-17-11/h1-2,4-5H,3,6-9H2,(H,16,18)(H,19,20). The smallest absolute Gasteiger partial charge is 0.305 e. The number of hydrogen-bond acceptors (Lipinski definition) is 4. The largest absolute Gasteiger partial charge is 0.481 e. The van der Waals surface area contributed by atoms with E-state index >= 15 is 0 Å². The molecule has 1 saturated carbocycles. The Morgan fingerprint density at radius 1 is 1.33 bits per heavy atom. The highest BCUT2D eigenvalue weighted by Gasteiger charge is 2.40. The number of nitrogens with one attached hydrogen (secondary N) is 1. The van der Waals surface area contributed by atoms with Crippen molar-refractivity contribution in [3.05, 3.63) is 30.0 Å². The first-order valence-electron chi connectivity index (χ1n) is 6.94. The monoisotopic (exact) mass is 288 g/mol. The summed E-state index contributed by atoms with van der Waals surface area (Å²) in [7, 11) is 0. The number of fused-ring (bicyclic) bond motifs is 1. The zero-order valence-corrected chi connectivity index (χ0v) is 11.5. The first-order chi connectivity index (χ1) is 10.1. The molecular weight excluding hydrogens is 272 g/mol. The van der Waals surface area contributed by atoms with Crippen LogP contribution in [0.1, 0.15) is 31.4 Å². The van der Waals surface area contributed by atoms with Gasteiger partial charge >= 0.3 is 5.97 Å². The van der Waals surface area contributed by atoms with E-state index in [0.29, 0.717) is 24.1 Å². The molecular formula is C15H16N2O4. The summed E-state index contributed by atoms with van der Waals surface area (Å²) in [6.45, 7) is 0. The molecule has 0 radical (unpaired) electrons. The van der Waals surface area contributed by atoms with E-state index in [1.165, 1.54) is 0 Å². The molecule has 3 rings (SSSR count). The summed E-state index contributed by atoms with van der Waals surface area (Å²) in [5.74, 6) is -1.10. The summed E-state index contributed by atoms with van der Waals surface area (Å²) in [5, 5.41) is 16.5. The van der Waals surface area contributed by atoms with E-state index in [4.69, 9.17) is 9.63 Å². The number of carbonyl (C=O) groups excluding carboxylic acids is 1. The molecule has 0 bridgehead atoms. The van der Waals surface area contributed by atoms with Crippen LogP contribution in [0.5, 0.6) is 0 Å². The van der Waals surface area contributed by atoms with E-state index in [2.05, 4.69) is 10.5 Å². The van der Waals surface area contributed by atoms with Gasteiger partial charge in [-0.2, -0.15) is 0 Å². The molecule has 6 heteroatoms. The highest BCUT2D eigenvalue weighted by Crippen LogP contribution is 2.35. The van der Waals surface area contributed by atoms with Crippen molar-refractivity contribution < 1.29 is 19.2 Å².